The van der Waals surface area contributed by atoms with Crippen molar-refractivity contribution in [2.24, 2.45) is 0 Å². The highest BCUT2D eigenvalue weighted by atomic mass is 16.5. The molecule has 2 aromatic rings. The van der Waals surface area contributed by atoms with E-state index in [0.29, 0.717) is 31.0 Å². The average molecular weight is 273 g/mol. The molecule has 1 aliphatic rings. The summed E-state index contributed by atoms with van der Waals surface area (Å²) in [6, 6.07) is 5.22. The second-order valence-corrected chi connectivity index (χ2v) is 4.62. The Kier molecular flexibility index (Phi) is 3.14. The fourth-order valence-corrected chi connectivity index (χ4v) is 2.39. The lowest BCUT2D eigenvalue weighted by Gasteiger charge is -2.05. The van der Waals surface area contributed by atoms with Crippen molar-refractivity contribution in [1.82, 2.24) is 14.9 Å². The standard InChI is InChI=1S/C14H15N3O3/c1-2-20-14(19)10-5-4-9-8-11-13(18)15-6-3-7-17(11)12(9)16-10/h4-5,8H,2-3,6-7H2,1H3,(H,15,18). The lowest BCUT2D eigenvalue weighted by Crippen LogP contribution is -2.22. The third-order valence-electron chi connectivity index (χ3n) is 3.31. The number of fused-ring (bicyclic) bond motifs is 3. The molecule has 0 bridgehead atoms. The normalized spacial score (nSPS) is 14.6. The zero-order valence-corrected chi connectivity index (χ0v) is 11.2. The number of nitrogens with one attached hydrogen (secondary N) is 1. The molecule has 0 aromatic carbocycles. The number of ether oxygens (including phenoxy) is 1. The number of esters is 1. The van der Waals surface area contributed by atoms with Crippen molar-refractivity contribution in [2.75, 3.05) is 13.2 Å². The molecule has 3 rings (SSSR count). The molecule has 104 valence electrons. The van der Waals surface area contributed by atoms with Crippen molar-refractivity contribution in [1.29, 1.82) is 0 Å². The second-order valence-electron chi connectivity index (χ2n) is 4.62. The number of hydrogen-bond donors (Lipinski definition) is 1. The summed E-state index contributed by atoms with van der Waals surface area (Å²) in [5.74, 6) is -0.541. The van der Waals surface area contributed by atoms with E-state index in [1.807, 2.05) is 4.57 Å². The lowest BCUT2D eigenvalue weighted by atomic mass is 10.2. The van der Waals surface area contributed by atoms with Crippen LogP contribution in [0.15, 0.2) is 18.2 Å². The molecule has 1 aliphatic heterocycles. The van der Waals surface area contributed by atoms with Gasteiger partial charge in [-0.05, 0) is 31.5 Å². The smallest absolute Gasteiger partial charge is 0.356 e. The largest absolute Gasteiger partial charge is 0.461 e. The molecule has 1 N–H and O–H groups in total. The molecule has 0 radical (unpaired) electrons. The van der Waals surface area contributed by atoms with Crippen LogP contribution in [0.1, 0.15) is 34.3 Å². The molecule has 0 fully saturated rings. The van der Waals surface area contributed by atoms with Crippen molar-refractivity contribution >= 4 is 22.9 Å². The summed E-state index contributed by atoms with van der Waals surface area (Å²) in [6.45, 7) is 3.42. The Morgan fingerprint density at radius 1 is 1.50 bits per heavy atom. The van der Waals surface area contributed by atoms with Crippen LogP contribution >= 0.6 is 0 Å². The minimum absolute atomic E-state index is 0.0989. The van der Waals surface area contributed by atoms with E-state index in [4.69, 9.17) is 4.74 Å². The van der Waals surface area contributed by atoms with Gasteiger partial charge in [-0.3, -0.25) is 4.79 Å². The number of aromatic nitrogens is 2. The maximum absolute atomic E-state index is 11.9. The van der Waals surface area contributed by atoms with E-state index < -0.39 is 5.97 Å². The quantitative estimate of drug-likeness (QED) is 0.838. The van der Waals surface area contributed by atoms with Gasteiger partial charge in [0, 0.05) is 18.5 Å². The van der Waals surface area contributed by atoms with Gasteiger partial charge >= 0.3 is 5.97 Å². The van der Waals surface area contributed by atoms with Gasteiger partial charge in [0.1, 0.15) is 11.3 Å². The molecular formula is C14H15N3O3. The summed E-state index contributed by atoms with van der Waals surface area (Å²) in [5.41, 5.74) is 1.51. The molecule has 0 aliphatic carbocycles. The number of nitrogens with zero attached hydrogens (tertiary/aromatic N) is 2. The van der Waals surface area contributed by atoms with Crippen LogP contribution in [0.25, 0.3) is 11.0 Å². The molecule has 0 saturated carbocycles. The summed E-state index contributed by atoms with van der Waals surface area (Å²) < 4.78 is 6.81. The van der Waals surface area contributed by atoms with Gasteiger partial charge < -0.3 is 14.6 Å². The van der Waals surface area contributed by atoms with Crippen LogP contribution in [0, 0.1) is 0 Å². The van der Waals surface area contributed by atoms with E-state index in [0.717, 1.165) is 11.8 Å². The zero-order chi connectivity index (χ0) is 14.1. The van der Waals surface area contributed by atoms with Gasteiger partial charge in [-0.25, -0.2) is 9.78 Å². The van der Waals surface area contributed by atoms with Gasteiger partial charge in [-0.15, -0.1) is 0 Å². The summed E-state index contributed by atoms with van der Waals surface area (Å²) in [6.07, 6.45) is 0.841. The lowest BCUT2D eigenvalue weighted by molar-refractivity contribution is 0.0519. The van der Waals surface area contributed by atoms with Gasteiger partial charge in [0.2, 0.25) is 0 Å². The van der Waals surface area contributed by atoms with E-state index >= 15 is 0 Å². The minimum Gasteiger partial charge on any atom is -0.461 e. The summed E-state index contributed by atoms with van der Waals surface area (Å²) in [5, 5.41) is 3.69. The number of amides is 1. The third-order valence-corrected chi connectivity index (χ3v) is 3.31. The fraction of sp³-hybridized carbons (Fsp3) is 0.357. The topological polar surface area (TPSA) is 73.2 Å². The van der Waals surface area contributed by atoms with Crippen molar-refractivity contribution < 1.29 is 14.3 Å². The highest BCUT2D eigenvalue weighted by Crippen LogP contribution is 2.21. The first-order chi connectivity index (χ1) is 9.70. The molecule has 3 heterocycles. The monoisotopic (exact) mass is 273 g/mol. The first kappa shape index (κ1) is 12.7. The Hall–Kier alpha value is -2.37. The summed E-state index contributed by atoms with van der Waals surface area (Å²) in [4.78, 5) is 28.0. The number of hydrogen-bond acceptors (Lipinski definition) is 4. The maximum atomic E-state index is 11.9. The SMILES string of the molecule is CCOC(=O)c1ccc2cc3n(c2n1)CCCNC3=O. The fourth-order valence-electron chi connectivity index (χ4n) is 2.39. The molecule has 20 heavy (non-hydrogen) atoms. The molecule has 1 amide bonds. The number of carbonyl (C=O) groups is 2. The van der Waals surface area contributed by atoms with Gasteiger partial charge in [0.15, 0.2) is 5.69 Å². The Bertz CT molecular complexity index is 690. The van der Waals surface area contributed by atoms with Crippen molar-refractivity contribution in [3.63, 3.8) is 0 Å². The van der Waals surface area contributed by atoms with E-state index in [1.165, 1.54) is 0 Å². The third kappa shape index (κ3) is 2.03. The van der Waals surface area contributed by atoms with Crippen LogP contribution in [0.5, 0.6) is 0 Å². The molecule has 0 unspecified atom stereocenters. The zero-order valence-electron chi connectivity index (χ0n) is 11.2. The maximum Gasteiger partial charge on any atom is 0.356 e. The highest BCUT2D eigenvalue weighted by molar-refractivity contribution is 5.99. The second kappa shape index (κ2) is 4.96. The molecule has 0 atom stereocenters. The number of rotatable bonds is 2. The van der Waals surface area contributed by atoms with E-state index in [2.05, 4.69) is 10.3 Å². The molecule has 6 heteroatoms. The Labute approximate surface area is 115 Å². The summed E-state index contributed by atoms with van der Waals surface area (Å²) >= 11 is 0. The van der Waals surface area contributed by atoms with Crippen molar-refractivity contribution in [3.8, 4) is 0 Å². The molecule has 2 aromatic heterocycles. The number of carbonyl (C=O) groups excluding carboxylic acids is 2. The number of aryl methyl sites for hydroxylation is 1. The van der Waals surface area contributed by atoms with E-state index in [1.54, 1.807) is 25.1 Å². The van der Waals surface area contributed by atoms with Crippen molar-refractivity contribution in [3.05, 3.63) is 29.6 Å². The first-order valence-electron chi connectivity index (χ1n) is 6.66. The van der Waals surface area contributed by atoms with Gasteiger partial charge in [0.05, 0.1) is 6.61 Å². The summed E-state index contributed by atoms with van der Waals surface area (Å²) in [7, 11) is 0. The minimum atomic E-state index is -0.442. The molecular weight excluding hydrogens is 258 g/mol. The van der Waals surface area contributed by atoms with Crippen molar-refractivity contribution in [2.45, 2.75) is 19.9 Å². The Morgan fingerprint density at radius 2 is 2.35 bits per heavy atom. The van der Waals surface area contributed by atoms with Crippen LogP contribution in [0.4, 0.5) is 0 Å². The van der Waals surface area contributed by atoms with Crippen LogP contribution in [-0.2, 0) is 11.3 Å². The van der Waals surface area contributed by atoms with E-state index in [9.17, 15) is 9.59 Å². The van der Waals surface area contributed by atoms with Gasteiger partial charge in [0.25, 0.3) is 5.91 Å². The molecule has 0 saturated heterocycles. The predicted octanol–water partition coefficient (Wildman–Crippen LogP) is 1.35. The molecule has 0 spiro atoms. The van der Waals surface area contributed by atoms with Gasteiger partial charge in [-0.1, -0.05) is 0 Å². The first-order valence-corrected chi connectivity index (χ1v) is 6.66. The highest BCUT2D eigenvalue weighted by Gasteiger charge is 2.20. The van der Waals surface area contributed by atoms with E-state index in [-0.39, 0.29) is 11.6 Å². The van der Waals surface area contributed by atoms with Crippen LogP contribution < -0.4 is 5.32 Å². The average Bonchev–Trinajstić information content (AvgIpc) is 2.71. The van der Waals surface area contributed by atoms with Gasteiger partial charge in [-0.2, -0.15) is 0 Å². The van der Waals surface area contributed by atoms with Crippen LogP contribution in [-0.4, -0.2) is 34.6 Å². The Balaban J connectivity index is 2.11. The number of pyridine rings is 1. The predicted molar refractivity (Wildman–Crippen MR) is 72.6 cm³/mol. The van der Waals surface area contributed by atoms with Crippen LogP contribution in [0.3, 0.4) is 0 Å². The molecule has 6 nitrogen and oxygen atoms in total. The van der Waals surface area contributed by atoms with Crippen LogP contribution in [0.2, 0.25) is 0 Å². The Morgan fingerprint density at radius 3 is 3.15 bits per heavy atom.